The van der Waals surface area contributed by atoms with E-state index in [9.17, 15) is 14.9 Å². The fourth-order valence-electron chi connectivity index (χ4n) is 4.20. The summed E-state index contributed by atoms with van der Waals surface area (Å²) in [4.78, 5) is 36.8. The minimum absolute atomic E-state index is 0.0301. The maximum absolute atomic E-state index is 12.0. The average Bonchev–Trinajstić information content (AvgIpc) is 3.17. The first-order valence-corrected chi connectivity index (χ1v) is 9.44. The van der Waals surface area contributed by atoms with Crippen LogP contribution in [-0.4, -0.2) is 76.5 Å². The number of benzene rings is 1. The van der Waals surface area contributed by atoms with Crippen molar-refractivity contribution >= 4 is 22.3 Å². The van der Waals surface area contributed by atoms with Gasteiger partial charge in [-0.05, 0) is 19.0 Å². The molecule has 144 valence electrons. The number of likely N-dealkylation sites (N-methyl/N-ethyl adjacent to an activating group) is 1. The van der Waals surface area contributed by atoms with Crippen LogP contribution in [-0.2, 0) is 0 Å². The largest absolute Gasteiger partial charge is 0.364 e. The normalized spacial score (nSPS) is 21.8. The molecule has 2 fully saturated rings. The van der Waals surface area contributed by atoms with E-state index >= 15 is 0 Å². The summed E-state index contributed by atoms with van der Waals surface area (Å²) in [6.07, 6.45) is 2.32. The summed E-state index contributed by atoms with van der Waals surface area (Å²) in [7, 11) is 0. The minimum atomic E-state index is -0.408. The molecule has 2 aromatic rings. The van der Waals surface area contributed by atoms with Crippen molar-refractivity contribution < 1.29 is 4.92 Å². The summed E-state index contributed by atoms with van der Waals surface area (Å²) >= 11 is 0. The van der Waals surface area contributed by atoms with Gasteiger partial charge in [-0.25, -0.2) is 4.98 Å². The number of nitro groups is 1. The number of rotatable bonds is 4. The second kappa shape index (κ2) is 7.24. The van der Waals surface area contributed by atoms with E-state index in [-0.39, 0.29) is 16.6 Å². The molecule has 0 radical (unpaired) electrons. The molecule has 1 atom stereocenters. The number of H-pyrrole nitrogens is 1. The van der Waals surface area contributed by atoms with E-state index in [0.717, 1.165) is 52.2 Å². The smallest absolute Gasteiger partial charge is 0.293 e. The highest BCUT2D eigenvalue weighted by atomic mass is 16.6. The Morgan fingerprint density at radius 3 is 2.74 bits per heavy atom. The minimum Gasteiger partial charge on any atom is -0.364 e. The van der Waals surface area contributed by atoms with E-state index in [0.29, 0.717) is 17.2 Å². The van der Waals surface area contributed by atoms with Crippen molar-refractivity contribution in [2.24, 2.45) is 0 Å². The molecular weight excluding hydrogens is 348 g/mol. The fraction of sp³-hybridized carbons (Fsp3) is 0.556. The second-order valence-electron chi connectivity index (χ2n) is 7.21. The first-order valence-electron chi connectivity index (χ1n) is 9.44. The molecule has 9 nitrogen and oxygen atoms in total. The van der Waals surface area contributed by atoms with Crippen LogP contribution in [0.15, 0.2) is 23.3 Å². The number of aromatic amines is 1. The number of aromatic nitrogens is 2. The molecule has 1 aromatic carbocycles. The maximum Gasteiger partial charge on any atom is 0.293 e. The molecule has 0 spiro atoms. The van der Waals surface area contributed by atoms with E-state index in [1.807, 2.05) is 0 Å². The molecule has 2 aliphatic rings. The molecule has 0 bridgehead atoms. The first kappa shape index (κ1) is 17.9. The van der Waals surface area contributed by atoms with Crippen molar-refractivity contribution in [1.82, 2.24) is 19.8 Å². The molecule has 0 saturated carbocycles. The molecule has 1 aromatic heterocycles. The highest BCUT2D eigenvalue weighted by Crippen LogP contribution is 2.34. The Kier molecular flexibility index (Phi) is 4.79. The summed E-state index contributed by atoms with van der Waals surface area (Å²) < 4.78 is 0. The van der Waals surface area contributed by atoms with Crippen molar-refractivity contribution in [3.63, 3.8) is 0 Å². The maximum atomic E-state index is 12.0. The topological polar surface area (TPSA) is 98.6 Å². The SMILES string of the molecule is CCN1CCN(C2CCN(c3cc4nc[nH]c(=O)c4cc3[N+](=O)[O-])C2)CC1. The van der Waals surface area contributed by atoms with Gasteiger partial charge in [-0.2, -0.15) is 0 Å². The van der Waals surface area contributed by atoms with Crippen LogP contribution in [0, 0.1) is 10.1 Å². The number of nitrogens with zero attached hydrogens (tertiary/aromatic N) is 5. The van der Waals surface area contributed by atoms with Crippen LogP contribution < -0.4 is 10.5 Å². The number of hydrogen-bond donors (Lipinski definition) is 1. The third kappa shape index (κ3) is 3.40. The molecule has 27 heavy (non-hydrogen) atoms. The van der Waals surface area contributed by atoms with Crippen molar-refractivity contribution in [1.29, 1.82) is 0 Å². The predicted molar refractivity (Wildman–Crippen MR) is 103 cm³/mol. The van der Waals surface area contributed by atoms with Gasteiger partial charge in [0.1, 0.15) is 5.69 Å². The molecule has 3 heterocycles. The molecule has 4 rings (SSSR count). The number of anilines is 1. The number of fused-ring (bicyclic) bond motifs is 1. The van der Waals surface area contributed by atoms with Gasteiger partial charge in [-0.15, -0.1) is 0 Å². The quantitative estimate of drug-likeness (QED) is 0.632. The molecule has 1 unspecified atom stereocenters. The summed E-state index contributed by atoms with van der Waals surface area (Å²) in [5.74, 6) is 0. The Labute approximate surface area is 156 Å². The lowest BCUT2D eigenvalue weighted by atomic mass is 10.1. The fourth-order valence-corrected chi connectivity index (χ4v) is 4.20. The van der Waals surface area contributed by atoms with Gasteiger partial charge in [0.05, 0.1) is 22.2 Å². The van der Waals surface area contributed by atoms with E-state index < -0.39 is 4.92 Å². The van der Waals surface area contributed by atoms with E-state index in [1.165, 1.54) is 12.4 Å². The van der Waals surface area contributed by atoms with Crippen molar-refractivity contribution in [3.05, 3.63) is 38.9 Å². The molecule has 2 aliphatic heterocycles. The highest BCUT2D eigenvalue weighted by molar-refractivity contribution is 5.87. The van der Waals surface area contributed by atoms with E-state index in [1.54, 1.807) is 6.07 Å². The molecule has 9 heteroatoms. The van der Waals surface area contributed by atoms with E-state index in [4.69, 9.17) is 0 Å². The van der Waals surface area contributed by atoms with Gasteiger partial charge >= 0.3 is 0 Å². The molecule has 0 aliphatic carbocycles. The van der Waals surface area contributed by atoms with Gasteiger partial charge in [0.15, 0.2) is 0 Å². The Balaban J connectivity index is 1.58. The van der Waals surface area contributed by atoms with Crippen LogP contribution in [0.2, 0.25) is 0 Å². The van der Waals surface area contributed by atoms with Crippen molar-refractivity contribution in [2.75, 3.05) is 50.7 Å². The van der Waals surface area contributed by atoms with Crippen LogP contribution in [0.3, 0.4) is 0 Å². The third-order valence-electron chi connectivity index (χ3n) is 5.81. The first-order chi connectivity index (χ1) is 13.1. The zero-order chi connectivity index (χ0) is 19.0. The van der Waals surface area contributed by atoms with Gasteiger partial charge in [0.25, 0.3) is 11.2 Å². The van der Waals surface area contributed by atoms with Crippen molar-refractivity contribution in [3.8, 4) is 0 Å². The molecular formula is C18H24N6O3. The summed E-state index contributed by atoms with van der Waals surface area (Å²) in [6.45, 7) is 9.05. The third-order valence-corrected chi connectivity index (χ3v) is 5.81. The lowest BCUT2D eigenvalue weighted by molar-refractivity contribution is -0.384. The van der Waals surface area contributed by atoms with Gasteiger partial charge in [-0.1, -0.05) is 6.92 Å². The lowest BCUT2D eigenvalue weighted by Crippen LogP contribution is -2.50. The summed E-state index contributed by atoms with van der Waals surface area (Å²) in [5, 5.41) is 11.9. The Morgan fingerprint density at radius 1 is 1.26 bits per heavy atom. The molecule has 2 saturated heterocycles. The Bertz CT molecular complexity index is 906. The summed E-state index contributed by atoms with van der Waals surface area (Å²) in [5.41, 5.74) is 0.653. The highest BCUT2D eigenvalue weighted by Gasteiger charge is 2.32. The number of nitro benzene ring substituents is 1. The van der Waals surface area contributed by atoms with Crippen LogP contribution in [0.25, 0.3) is 10.9 Å². The van der Waals surface area contributed by atoms with Gasteiger partial charge in [-0.3, -0.25) is 19.8 Å². The van der Waals surface area contributed by atoms with Gasteiger partial charge in [0.2, 0.25) is 0 Å². The lowest BCUT2D eigenvalue weighted by Gasteiger charge is -2.37. The van der Waals surface area contributed by atoms with Crippen molar-refractivity contribution in [2.45, 2.75) is 19.4 Å². The van der Waals surface area contributed by atoms with Crippen LogP contribution >= 0.6 is 0 Å². The van der Waals surface area contributed by atoms with Crippen LogP contribution in [0.5, 0.6) is 0 Å². The average molecular weight is 372 g/mol. The van der Waals surface area contributed by atoms with Gasteiger partial charge < -0.3 is 14.8 Å². The summed E-state index contributed by atoms with van der Waals surface area (Å²) in [6, 6.07) is 3.44. The zero-order valence-corrected chi connectivity index (χ0v) is 15.4. The molecule has 0 amide bonds. The van der Waals surface area contributed by atoms with Crippen LogP contribution in [0.1, 0.15) is 13.3 Å². The van der Waals surface area contributed by atoms with Crippen LogP contribution in [0.4, 0.5) is 11.4 Å². The number of piperazine rings is 1. The predicted octanol–water partition coefficient (Wildman–Crippen LogP) is 1.05. The Hall–Kier alpha value is -2.52. The zero-order valence-electron chi connectivity index (χ0n) is 15.4. The molecule has 1 N–H and O–H groups in total. The number of nitrogens with one attached hydrogen (secondary N) is 1. The standard InChI is InChI=1S/C18H24N6O3/c1-2-21-5-7-22(8-6-21)13-3-4-23(11-13)16-10-15-14(9-17(16)24(26)27)18(25)20-12-19-15/h9-10,12-13H,2-8,11H2,1H3,(H,19,20,25). The second-order valence-corrected chi connectivity index (χ2v) is 7.21. The Morgan fingerprint density at radius 2 is 2.04 bits per heavy atom. The van der Waals surface area contributed by atoms with Gasteiger partial charge in [0, 0.05) is 51.4 Å². The van der Waals surface area contributed by atoms with E-state index in [2.05, 4.69) is 31.6 Å². The number of hydrogen-bond acceptors (Lipinski definition) is 7. The monoisotopic (exact) mass is 372 g/mol.